The molecule has 5 nitrogen and oxygen atoms in total. The lowest BCUT2D eigenvalue weighted by atomic mass is 9.30. The van der Waals surface area contributed by atoms with Crippen LogP contribution in [0.3, 0.4) is 0 Å². The smallest absolute Gasteiger partial charge is 0.311 e. The van der Waals surface area contributed by atoms with Gasteiger partial charge in [0.25, 0.3) is 6.71 Å². The Kier molecular flexibility index (Phi) is 15.0. The minimum Gasteiger partial charge on any atom is -0.311 e. The molecule has 0 unspecified atom stereocenters. The summed E-state index contributed by atoms with van der Waals surface area (Å²) in [4.78, 5) is 12.1. The minimum absolute atomic E-state index is 0.103. The molecule has 488 valence electrons. The molecule has 0 amide bonds. The Labute approximate surface area is 602 Å². The zero-order valence-electron chi connectivity index (χ0n) is 56.0. The van der Waals surface area contributed by atoms with Crippen molar-refractivity contribution in [2.45, 2.75) is 22.9 Å². The van der Waals surface area contributed by atoms with Crippen molar-refractivity contribution >= 4 is 143 Å². The molecular weight excluding hydrogens is 1290 g/mol. The summed E-state index contributed by atoms with van der Waals surface area (Å²) in [6, 6.07) is 123. The van der Waals surface area contributed by atoms with Gasteiger partial charge in [0.15, 0.2) is 0 Å². The van der Waals surface area contributed by atoms with Crippen LogP contribution in [-0.4, -0.2) is 13.4 Å². The molecule has 0 fully saturated rings. The van der Waals surface area contributed by atoms with Crippen molar-refractivity contribution in [3.8, 4) is 33.4 Å². The molecule has 0 aliphatic carbocycles. The lowest BCUT2D eigenvalue weighted by molar-refractivity contribution is -0.139. The van der Waals surface area contributed by atoms with Crippen molar-refractivity contribution in [2.75, 3.05) is 24.5 Å². The first-order valence-electron chi connectivity index (χ1n) is 34.9. The second kappa shape index (κ2) is 25.0. The first-order chi connectivity index (χ1) is 50.7. The molecule has 0 atom stereocenters. The maximum absolute atomic E-state index is 18.7. The summed E-state index contributed by atoms with van der Waals surface area (Å²) in [5.41, 5.74) is 22.8. The molecule has 4 heterocycles. The van der Waals surface area contributed by atoms with Gasteiger partial charge >= 0.3 is 6.18 Å². The fourth-order valence-electron chi connectivity index (χ4n) is 16.5. The standard InChI is InChI=1S/C92H62B2F3N5S/c1-61-30-29-46-74(65-35-13-4-14-36-65)89(61)102-83-57-71(98(66-37-15-5-16-38-66)67-39-17-6-18-40-67)56-82-87(83)93(75-47-24-27-50-80(75)100(82)68-41-19-7-20-42-68)77-60-78-91(86(90(77)102)92(95,96)97)103-85-59-72(58-84-88(85)94(78)76-48-25-28-51-81(76)101(84)69-43-21-8-22-44-69)99(70-54-52-63(53-55-70)62-31-9-2-10-32-62)79-49-26-23-45-73(79)64-33-11-3-12-34-64/h2-60H,1H3. The van der Waals surface area contributed by atoms with E-state index in [1.165, 1.54) is 11.8 Å². The van der Waals surface area contributed by atoms with Gasteiger partial charge in [-0.2, -0.15) is 13.2 Å². The second-order valence-corrected chi connectivity index (χ2v) is 27.7. The van der Waals surface area contributed by atoms with E-state index >= 15 is 13.2 Å². The number of para-hydroxylation sites is 8. The Morgan fingerprint density at radius 2 is 0.738 bits per heavy atom. The van der Waals surface area contributed by atoms with Crippen molar-refractivity contribution < 1.29 is 13.2 Å². The summed E-state index contributed by atoms with van der Waals surface area (Å²) in [7, 11) is 0. The molecule has 11 heteroatoms. The number of halogens is 3. The van der Waals surface area contributed by atoms with E-state index in [4.69, 9.17) is 0 Å². The molecule has 4 aliphatic rings. The van der Waals surface area contributed by atoms with Crippen molar-refractivity contribution in [3.05, 3.63) is 369 Å². The van der Waals surface area contributed by atoms with Crippen LogP contribution in [0.5, 0.6) is 0 Å². The average molecular weight is 1350 g/mol. The molecule has 0 bridgehead atoms. The van der Waals surface area contributed by atoms with E-state index in [9.17, 15) is 0 Å². The van der Waals surface area contributed by atoms with Crippen LogP contribution in [0.25, 0.3) is 33.4 Å². The largest absolute Gasteiger partial charge is 0.419 e. The Morgan fingerprint density at radius 1 is 0.311 bits per heavy atom. The highest BCUT2D eigenvalue weighted by Crippen LogP contribution is 2.57. The van der Waals surface area contributed by atoms with E-state index in [1.807, 2.05) is 115 Å². The minimum atomic E-state index is -4.94. The Balaban J connectivity index is 0.937. The summed E-state index contributed by atoms with van der Waals surface area (Å²) in [5, 5.41) is 0. The second-order valence-electron chi connectivity index (χ2n) is 26.6. The zero-order valence-corrected chi connectivity index (χ0v) is 56.8. The van der Waals surface area contributed by atoms with E-state index in [2.05, 4.69) is 274 Å². The number of benzene rings is 15. The molecule has 0 aromatic heterocycles. The van der Waals surface area contributed by atoms with Gasteiger partial charge in [-0.15, -0.1) is 0 Å². The summed E-state index contributed by atoms with van der Waals surface area (Å²) in [6.07, 6.45) is -4.94. The van der Waals surface area contributed by atoms with Crippen LogP contribution >= 0.6 is 11.8 Å². The number of anilines is 15. The van der Waals surface area contributed by atoms with Crippen LogP contribution in [0.15, 0.2) is 368 Å². The number of aryl methyl sites for hydroxylation is 1. The number of fused-ring (bicyclic) bond motifs is 8. The Bertz CT molecular complexity index is 5720. The highest BCUT2D eigenvalue weighted by atomic mass is 32.2. The van der Waals surface area contributed by atoms with Gasteiger partial charge in [0.1, 0.15) is 0 Å². The molecule has 0 spiro atoms. The van der Waals surface area contributed by atoms with E-state index in [-0.39, 0.29) is 10.6 Å². The zero-order chi connectivity index (χ0) is 68.9. The van der Waals surface area contributed by atoms with Crippen molar-refractivity contribution in [1.82, 2.24) is 0 Å². The first kappa shape index (κ1) is 61.6. The molecule has 4 aliphatic heterocycles. The van der Waals surface area contributed by atoms with Gasteiger partial charge in [-0.05, 0) is 165 Å². The Hall–Kier alpha value is -12.4. The van der Waals surface area contributed by atoms with Gasteiger partial charge in [-0.25, -0.2) is 0 Å². The molecule has 0 saturated carbocycles. The Morgan fingerprint density at radius 3 is 1.30 bits per heavy atom. The maximum Gasteiger partial charge on any atom is 0.419 e. The van der Waals surface area contributed by atoms with E-state index in [0.717, 1.165) is 134 Å². The van der Waals surface area contributed by atoms with Gasteiger partial charge in [-0.1, -0.05) is 272 Å². The highest BCUT2D eigenvalue weighted by molar-refractivity contribution is 8.00. The number of hydrogen-bond donors (Lipinski definition) is 0. The molecule has 103 heavy (non-hydrogen) atoms. The van der Waals surface area contributed by atoms with Crippen LogP contribution in [0.4, 0.5) is 98.5 Å². The molecule has 19 rings (SSSR count). The molecule has 15 aromatic rings. The third-order valence-corrected chi connectivity index (χ3v) is 21.9. The summed E-state index contributed by atoms with van der Waals surface area (Å²) in [6.45, 7) is 0.690. The summed E-state index contributed by atoms with van der Waals surface area (Å²) < 4.78 is 56.2. The SMILES string of the molecule is Cc1cccc(-c2ccccc2)c1N1c2cc(N(c3ccccc3)c3ccccc3)cc3c2B(c2ccccc2N3c2ccccc2)c2cc3c(c(C(F)(F)F)c21)Sc1cc(N(c2ccc(-c4ccccc4)cc2)c2ccccc2-c2ccccc2)cc2c1B3c1ccccc1N2c1ccccc1. The number of nitrogens with zero attached hydrogens (tertiary/aromatic N) is 5. The van der Waals surface area contributed by atoms with E-state index < -0.39 is 25.2 Å². The van der Waals surface area contributed by atoms with Gasteiger partial charge in [0.2, 0.25) is 6.71 Å². The average Bonchev–Trinajstić information content (AvgIpc) is 0.678. The fourth-order valence-corrected chi connectivity index (χ4v) is 17.8. The predicted molar refractivity (Wildman–Crippen MR) is 426 cm³/mol. The lowest BCUT2D eigenvalue weighted by Crippen LogP contribution is -2.65. The van der Waals surface area contributed by atoms with Crippen LogP contribution in [0.1, 0.15) is 11.1 Å². The monoisotopic (exact) mass is 1350 g/mol. The molecule has 0 radical (unpaired) electrons. The van der Waals surface area contributed by atoms with Gasteiger partial charge in [0.05, 0.1) is 28.3 Å². The summed E-state index contributed by atoms with van der Waals surface area (Å²) in [5.74, 6) is 0. The van der Waals surface area contributed by atoms with Gasteiger partial charge in [-0.3, -0.25) is 0 Å². The van der Waals surface area contributed by atoms with Gasteiger partial charge in [0, 0.05) is 83.5 Å². The maximum atomic E-state index is 18.7. The third-order valence-electron chi connectivity index (χ3n) is 20.7. The molecule has 0 saturated heterocycles. The van der Waals surface area contributed by atoms with Gasteiger partial charge < -0.3 is 24.5 Å². The molecule has 0 N–H and O–H groups in total. The molecule has 15 aromatic carbocycles. The molecular formula is C92H62B2F3N5S. The van der Waals surface area contributed by atoms with Crippen LogP contribution in [-0.2, 0) is 6.18 Å². The van der Waals surface area contributed by atoms with Crippen LogP contribution in [0.2, 0.25) is 0 Å². The number of hydrogen-bond acceptors (Lipinski definition) is 6. The highest BCUT2D eigenvalue weighted by Gasteiger charge is 2.53. The van der Waals surface area contributed by atoms with E-state index in [1.54, 1.807) is 0 Å². The van der Waals surface area contributed by atoms with Crippen LogP contribution in [0, 0.1) is 6.92 Å². The van der Waals surface area contributed by atoms with Crippen LogP contribution < -0.4 is 57.3 Å². The topological polar surface area (TPSA) is 16.2 Å². The lowest BCUT2D eigenvalue weighted by Gasteiger charge is -2.47. The first-order valence-corrected chi connectivity index (χ1v) is 35.7. The number of alkyl halides is 3. The normalized spacial score (nSPS) is 12.9. The van der Waals surface area contributed by atoms with Crippen molar-refractivity contribution in [2.24, 2.45) is 0 Å². The fraction of sp³-hybridized carbons (Fsp3) is 0.0217. The third kappa shape index (κ3) is 10.3. The predicted octanol–water partition coefficient (Wildman–Crippen LogP) is 21.8. The van der Waals surface area contributed by atoms with E-state index in [0.29, 0.717) is 22.3 Å². The van der Waals surface area contributed by atoms with Crippen molar-refractivity contribution in [3.63, 3.8) is 0 Å². The quantitative estimate of drug-likeness (QED) is 0.113. The summed E-state index contributed by atoms with van der Waals surface area (Å²) >= 11 is 1.25. The van der Waals surface area contributed by atoms with Crippen molar-refractivity contribution in [1.29, 1.82) is 0 Å². The number of rotatable bonds is 12.